The minimum absolute atomic E-state index is 0.322. The molecule has 3 N–H and O–H groups in total. The van der Waals surface area contributed by atoms with Gasteiger partial charge in [0, 0.05) is 11.8 Å². The number of benzene rings is 2. The average molecular weight is 301 g/mol. The molecule has 0 heterocycles. The van der Waals surface area contributed by atoms with Crippen LogP contribution in [0, 0.1) is 19.7 Å². The van der Waals surface area contributed by atoms with Crippen LogP contribution in [0.15, 0.2) is 47.5 Å². The Hall–Kier alpha value is -2.56. The highest BCUT2D eigenvalue weighted by molar-refractivity contribution is 5.92. The molecule has 0 unspecified atom stereocenters. The van der Waals surface area contributed by atoms with Gasteiger partial charge in [-0.2, -0.15) is 0 Å². The molecule has 0 aromatic heterocycles. The summed E-state index contributed by atoms with van der Waals surface area (Å²) in [6.45, 7) is 4.77. The lowest BCUT2D eigenvalue weighted by Gasteiger charge is -2.08. The minimum Gasteiger partial charge on any atom is -0.492 e. The fourth-order valence-electron chi connectivity index (χ4n) is 2.12. The van der Waals surface area contributed by atoms with Crippen molar-refractivity contribution in [1.82, 2.24) is 0 Å². The highest BCUT2D eigenvalue weighted by Crippen LogP contribution is 2.13. The van der Waals surface area contributed by atoms with Crippen molar-refractivity contribution in [3.63, 3.8) is 0 Å². The molecule has 22 heavy (non-hydrogen) atoms. The maximum atomic E-state index is 13.0. The predicted octanol–water partition coefficient (Wildman–Crippen LogP) is 3.25. The van der Waals surface area contributed by atoms with Crippen LogP contribution in [0.4, 0.5) is 10.1 Å². The topological polar surface area (TPSA) is 59.6 Å². The van der Waals surface area contributed by atoms with Crippen LogP contribution in [-0.2, 0) is 0 Å². The second-order valence-electron chi connectivity index (χ2n) is 5.07. The number of ether oxygens (including phenoxy) is 1. The predicted molar refractivity (Wildman–Crippen MR) is 87.9 cm³/mol. The fourth-order valence-corrected chi connectivity index (χ4v) is 2.12. The Kier molecular flexibility index (Phi) is 5.36. The summed E-state index contributed by atoms with van der Waals surface area (Å²) in [4.78, 5) is 4.18. The zero-order valence-electron chi connectivity index (χ0n) is 12.8. The van der Waals surface area contributed by atoms with Gasteiger partial charge in [0.15, 0.2) is 5.96 Å². The van der Waals surface area contributed by atoms with Gasteiger partial charge in [-0.15, -0.1) is 0 Å². The van der Waals surface area contributed by atoms with E-state index in [0.29, 0.717) is 24.9 Å². The first kappa shape index (κ1) is 15.8. The molecule has 0 amide bonds. The number of nitrogens with two attached hydrogens (primary N) is 1. The van der Waals surface area contributed by atoms with Gasteiger partial charge in [0.1, 0.15) is 18.2 Å². The van der Waals surface area contributed by atoms with Crippen LogP contribution in [0.25, 0.3) is 0 Å². The standard InChI is InChI=1S/C17H20FN3O/c1-12-8-13(2)10-15(9-12)21-17(19)20-6-7-22-16-5-3-4-14(18)11-16/h3-5,8-11H,6-7H2,1-2H3,(H3,19,20,21). The van der Waals surface area contributed by atoms with Crippen molar-refractivity contribution in [1.29, 1.82) is 0 Å². The minimum atomic E-state index is -0.322. The second kappa shape index (κ2) is 7.45. The summed E-state index contributed by atoms with van der Waals surface area (Å²) < 4.78 is 18.4. The summed E-state index contributed by atoms with van der Waals surface area (Å²) >= 11 is 0. The quantitative estimate of drug-likeness (QED) is 0.506. The Labute approximate surface area is 129 Å². The van der Waals surface area contributed by atoms with Gasteiger partial charge < -0.3 is 15.8 Å². The molecular weight excluding hydrogens is 281 g/mol. The van der Waals surface area contributed by atoms with Gasteiger partial charge in [0.05, 0.1) is 6.54 Å². The summed E-state index contributed by atoms with van der Waals surface area (Å²) in [6.07, 6.45) is 0. The Bertz CT molecular complexity index is 650. The van der Waals surface area contributed by atoms with E-state index in [9.17, 15) is 4.39 Å². The summed E-state index contributed by atoms with van der Waals surface area (Å²) in [5.41, 5.74) is 9.05. The third-order valence-corrected chi connectivity index (χ3v) is 2.93. The third kappa shape index (κ3) is 5.09. The van der Waals surface area contributed by atoms with Crippen molar-refractivity contribution in [2.45, 2.75) is 13.8 Å². The van der Waals surface area contributed by atoms with Gasteiger partial charge in [-0.05, 0) is 49.2 Å². The molecule has 0 radical (unpaired) electrons. The van der Waals surface area contributed by atoms with E-state index in [1.165, 1.54) is 12.1 Å². The number of guanidine groups is 1. The highest BCUT2D eigenvalue weighted by Gasteiger charge is 1.98. The first-order valence-electron chi connectivity index (χ1n) is 7.06. The van der Waals surface area contributed by atoms with Crippen molar-refractivity contribution < 1.29 is 9.13 Å². The molecule has 2 aromatic carbocycles. The second-order valence-corrected chi connectivity index (χ2v) is 5.07. The van der Waals surface area contributed by atoms with Crippen LogP contribution in [0.1, 0.15) is 11.1 Å². The normalized spacial score (nSPS) is 11.3. The smallest absolute Gasteiger partial charge is 0.193 e. The van der Waals surface area contributed by atoms with E-state index >= 15 is 0 Å². The van der Waals surface area contributed by atoms with E-state index in [4.69, 9.17) is 10.5 Å². The lowest BCUT2D eigenvalue weighted by Crippen LogP contribution is -2.23. The summed E-state index contributed by atoms with van der Waals surface area (Å²) in [5, 5.41) is 3.04. The van der Waals surface area contributed by atoms with Crippen molar-refractivity contribution in [3.05, 3.63) is 59.4 Å². The largest absolute Gasteiger partial charge is 0.492 e. The zero-order valence-corrected chi connectivity index (χ0v) is 12.8. The molecule has 0 aliphatic rings. The van der Waals surface area contributed by atoms with E-state index in [-0.39, 0.29) is 5.82 Å². The molecule has 0 atom stereocenters. The van der Waals surface area contributed by atoms with Crippen LogP contribution in [0.3, 0.4) is 0 Å². The Morgan fingerprint density at radius 1 is 1.18 bits per heavy atom. The number of anilines is 1. The third-order valence-electron chi connectivity index (χ3n) is 2.93. The number of hydrogen-bond donors (Lipinski definition) is 2. The maximum Gasteiger partial charge on any atom is 0.193 e. The molecule has 2 rings (SSSR count). The van der Waals surface area contributed by atoms with Crippen molar-refractivity contribution in [3.8, 4) is 5.75 Å². The van der Waals surface area contributed by atoms with E-state index in [1.54, 1.807) is 12.1 Å². The van der Waals surface area contributed by atoms with Gasteiger partial charge in [0.2, 0.25) is 0 Å². The monoisotopic (exact) mass is 301 g/mol. The molecule has 5 heteroatoms. The fraction of sp³-hybridized carbons (Fsp3) is 0.235. The lowest BCUT2D eigenvalue weighted by atomic mass is 10.1. The van der Waals surface area contributed by atoms with E-state index in [1.807, 2.05) is 26.0 Å². The molecule has 0 fully saturated rings. The molecule has 0 saturated carbocycles. The van der Waals surface area contributed by atoms with Gasteiger partial charge in [0.25, 0.3) is 0 Å². The van der Waals surface area contributed by atoms with Crippen molar-refractivity contribution in [2.75, 3.05) is 18.5 Å². The number of halogens is 1. The van der Waals surface area contributed by atoms with Crippen molar-refractivity contribution >= 4 is 11.6 Å². The number of rotatable bonds is 5. The molecule has 2 aromatic rings. The Morgan fingerprint density at radius 2 is 1.91 bits per heavy atom. The Morgan fingerprint density at radius 3 is 2.59 bits per heavy atom. The molecule has 0 saturated heterocycles. The first-order valence-corrected chi connectivity index (χ1v) is 7.06. The average Bonchev–Trinajstić information content (AvgIpc) is 2.42. The van der Waals surface area contributed by atoms with Gasteiger partial charge in [-0.1, -0.05) is 12.1 Å². The summed E-state index contributed by atoms with van der Waals surface area (Å²) in [6, 6.07) is 12.1. The van der Waals surface area contributed by atoms with Gasteiger partial charge in [-0.25, -0.2) is 9.38 Å². The van der Waals surface area contributed by atoms with Crippen LogP contribution in [-0.4, -0.2) is 19.1 Å². The summed E-state index contributed by atoms with van der Waals surface area (Å²) in [5.74, 6) is 0.487. The lowest BCUT2D eigenvalue weighted by molar-refractivity contribution is 0.327. The molecule has 0 aliphatic carbocycles. The number of hydrogen-bond acceptors (Lipinski definition) is 2. The van der Waals surface area contributed by atoms with Crippen LogP contribution < -0.4 is 15.8 Å². The van der Waals surface area contributed by atoms with Crippen LogP contribution in [0.5, 0.6) is 5.75 Å². The van der Waals surface area contributed by atoms with Gasteiger partial charge >= 0.3 is 0 Å². The van der Waals surface area contributed by atoms with E-state index in [0.717, 1.165) is 16.8 Å². The number of aliphatic imine (C=N–C) groups is 1. The number of nitrogens with zero attached hydrogens (tertiary/aromatic N) is 1. The Balaban J connectivity index is 1.82. The summed E-state index contributed by atoms with van der Waals surface area (Å²) in [7, 11) is 0. The van der Waals surface area contributed by atoms with E-state index < -0.39 is 0 Å². The molecule has 0 spiro atoms. The first-order chi connectivity index (χ1) is 10.5. The highest BCUT2D eigenvalue weighted by atomic mass is 19.1. The number of aryl methyl sites for hydroxylation is 2. The van der Waals surface area contributed by atoms with Crippen LogP contribution >= 0.6 is 0 Å². The number of nitrogens with one attached hydrogen (secondary N) is 1. The van der Waals surface area contributed by atoms with Gasteiger partial charge in [-0.3, -0.25) is 0 Å². The SMILES string of the molecule is Cc1cc(C)cc(NC(N)=NCCOc2cccc(F)c2)c1. The molecule has 0 aliphatic heterocycles. The van der Waals surface area contributed by atoms with Crippen molar-refractivity contribution in [2.24, 2.45) is 10.7 Å². The molecule has 4 nitrogen and oxygen atoms in total. The molecular formula is C17H20FN3O. The molecule has 0 bridgehead atoms. The maximum absolute atomic E-state index is 13.0. The van der Waals surface area contributed by atoms with Crippen LogP contribution in [0.2, 0.25) is 0 Å². The zero-order chi connectivity index (χ0) is 15.9. The van der Waals surface area contributed by atoms with E-state index in [2.05, 4.69) is 16.4 Å². The molecule has 116 valence electrons.